The van der Waals surface area contributed by atoms with E-state index < -0.39 is 7.12 Å². The fourth-order valence-electron chi connectivity index (χ4n) is 2.06. The molecule has 0 spiro atoms. The van der Waals surface area contributed by atoms with Gasteiger partial charge in [-0.25, -0.2) is 0 Å². The number of benzene rings is 1. The molecule has 96 valence electrons. The third kappa shape index (κ3) is 2.14. The molecule has 1 aromatic heterocycles. The van der Waals surface area contributed by atoms with Crippen LogP contribution >= 0.6 is 11.6 Å². The second kappa shape index (κ2) is 4.73. The Labute approximate surface area is 114 Å². The van der Waals surface area contributed by atoms with Gasteiger partial charge in [0.25, 0.3) is 0 Å². The molecule has 2 N–H and O–H groups in total. The minimum atomic E-state index is -0.931. The first-order valence-corrected chi connectivity index (χ1v) is 5.96. The smallest absolute Gasteiger partial charge is 0.455 e. The quantitative estimate of drug-likeness (QED) is 0.379. The van der Waals surface area contributed by atoms with Gasteiger partial charge >= 0.3 is 7.12 Å². The summed E-state index contributed by atoms with van der Waals surface area (Å²) < 4.78 is 10.6. The number of hydrogen-bond donors (Lipinski definition) is 2. The van der Waals surface area contributed by atoms with Crippen LogP contribution in [-0.2, 0) is 11.3 Å². The zero-order valence-electron chi connectivity index (χ0n) is 9.71. The van der Waals surface area contributed by atoms with Crippen molar-refractivity contribution in [1.29, 1.82) is 0 Å². The van der Waals surface area contributed by atoms with Gasteiger partial charge in [0.05, 0.1) is 11.6 Å². The number of hydrogen-bond acceptors (Lipinski definition) is 5. The molecule has 1 aromatic carbocycles. The molecule has 2 aromatic rings. The lowest BCUT2D eigenvalue weighted by molar-refractivity contribution is 0.275. The minimum absolute atomic E-state index is 0.344. The largest absolute Gasteiger partial charge is 0.491 e. The van der Waals surface area contributed by atoms with Crippen LogP contribution in [0.4, 0.5) is 0 Å². The molecule has 0 atom stereocenters. The predicted molar refractivity (Wildman–Crippen MR) is 70.9 cm³/mol. The molecule has 2 heterocycles. The third-order valence-corrected chi connectivity index (χ3v) is 3.28. The van der Waals surface area contributed by atoms with Crippen LogP contribution in [-0.4, -0.2) is 23.6 Å². The van der Waals surface area contributed by atoms with E-state index in [9.17, 15) is 5.02 Å². The second-order valence-electron chi connectivity index (χ2n) is 4.14. The molecule has 0 saturated heterocycles. The van der Waals surface area contributed by atoms with Crippen molar-refractivity contribution in [3.8, 4) is 11.3 Å². The highest BCUT2D eigenvalue weighted by Crippen LogP contribution is 2.30. The average molecular weight is 277 g/mol. The maximum Gasteiger partial charge on any atom is 0.491 e. The third-order valence-electron chi connectivity index (χ3n) is 2.97. The van der Waals surface area contributed by atoms with Gasteiger partial charge in [-0.05, 0) is 35.3 Å². The van der Waals surface area contributed by atoms with Gasteiger partial charge in [0, 0.05) is 5.56 Å². The molecule has 0 aliphatic carbocycles. The lowest BCUT2D eigenvalue weighted by atomic mass is 9.78. The van der Waals surface area contributed by atoms with Crippen molar-refractivity contribution < 1.29 is 19.3 Å². The van der Waals surface area contributed by atoms with E-state index in [4.69, 9.17) is 25.9 Å². The standard InChI is InChI=1S/C12H9BClNO4/c14-11-3-7-6-18-13(16)10(7)4-9(11)12-2-1-8(19-12)5-15-17/h1-5,16-17H,6H2. The highest BCUT2D eigenvalue weighted by Gasteiger charge is 2.29. The summed E-state index contributed by atoms with van der Waals surface area (Å²) in [6.45, 7) is 0.344. The maximum atomic E-state index is 9.68. The normalized spacial score (nSPS) is 14.3. The molecule has 5 nitrogen and oxygen atoms in total. The molecule has 0 amide bonds. The molecule has 7 heteroatoms. The van der Waals surface area contributed by atoms with Crippen molar-refractivity contribution in [2.24, 2.45) is 5.16 Å². The van der Waals surface area contributed by atoms with Gasteiger partial charge in [0.2, 0.25) is 0 Å². The highest BCUT2D eigenvalue weighted by atomic mass is 35.5. The summed E-state index contributed by atoms with van der Waals surface area (Å²) in [5, 5.41) is 21.5. The zero-order chi connectivity index (χ0) is 13.4. The molecule has 0 bridgehead atoms. The van der Waals surface area contributed by atoms with E-state index in [1.165, 1.54) is 6.21 Å². The molecule has 1 aliphatic heterocycles. The molecule has 0 saturated carbocycles. The monoisotopic (exact) mass is 277 g/mol. The summed E-state index contributed by atoms with van der Waals surface area (Å²) in [5.74, 6) is 0.938. The fraction of sp³-hybridized carbons (Fsp3) is 0.0833. The van der Waals surface area contributed by atoms with Crippen molar-refractivity contribution in [1.82, 2.24) is 0 Å². The SMILES string of the molecule is ON=Cc1ccc(-c2cc3c(cc2Cl)COB3O)o1. The van der Waals surface area contributed by atoms with E-state index in [1.54, 1.807) is 24.3 Å². The van der Waals surface area contributed by atoms with Crippen molar-refractivity contribution in [2.45, 2.75) is 6.61 Å². The van der Waals surface area contributed by atoms with E-state index >= 15 is 0 Å². The molecule has 0 unspecified atom stereocenters. The van der Waals surface area contributed by atoms with Crippen LogP contribution in [0, 0.1) is 0 Å². The summed E-state index contributed by atoms with van der Waals surface area (Å²) >= 11 is 6.20. The number of fused-ring (bicyclic) bond motifs is 1. The summed E-state index contributed by atoms with van der Waals surface area (Å²) in [4.78, 5) is 0. The van der Waals surface area contributed by atoms with E-state index in [2.05, 4.69) is 5.16 Å². The topological polar surface area (TPSA) is 75.2 Å². The number of nitrogens with zero attached hydrogens (tertiary/aromatic N) is 1. The minimum Gasteiger partial charge on any atom is -0.455 e. The van der Waals surface area contributed by atoms with Crippen LogP contribution in [0.25, 0.3) is 11.3 Å². The predicted octanol–water partition coefficient (Wildman–Crippen LogP) is 1.63. The Morgan fingerprint density at radius 1 is 1.37 bits per heavy atom. The van der Waals surface area contributed by atoms with Crippen molar-refractivity contribution in [3.63, 3.8) is 0 Å². The van der Waals surface area contributed by atoms with E-state index in [-0.39, 0.29) is 0 Å². The van der Waals surface area contributed by atoms with Crippen molar-refractivity contribution in [2.75, 3.05) is 0 Å². The van der Waals surface area contributed by atoms with Gasteiger partial charge in [-0.1, -0.05) is 16.8 Å². The first-order valence-electron chi connectivity index (χ1n) is 5.58. The van der Waals surface area contributed by atoms with Crippen molar-refractivity contribution in [3.05, 3.63) is 40.6 Å². The van der Waals surface area contributed by atoms with Gasteiger partial charge in [-0.15, -0.1) is 0 Å². The Balaban J connectivity index is 2.07. The summed E-state index contributed by atoms with van der Waals surface area (Å²) in [6.07, 6.45) is 1.18. The molecular formula is C12H9BClNO4. The summed E-state index contributed by atoms with van der Waals surface area (Å²) in [5.41, 5.74) is 2.21. The zero-order valence-corrected chi connectivity index (χ0v) is 10.5. The molecule has 0 fully saturated rings. The number of oxime groups is 1. The molecule has 1 aliphatic rings. The lowest BCUT2D eigenvalue weighted by Gasteiger charge is -2.05. The number of furan rings is 1. The van der Waals surface area contributed by atoms with Crippen LogP contribution < -0.4 is 5.46 Å². The van der Waals surface area contributed by atoms with Gasteiger partial charge in [-0.2, -0.15) is 0 Å². The van der Waals surface area contributed by atoms with Gasteiger partial charge in [-0.3, -0.25) is 0 Å². The molecular weight excluding hydrogens is 268 g/mol. The fourth-order valence-corrected chi connectivity index (χ4v) is 2.34. The molecule has 3 rings (SSSR count). The summed E-state index contributed by atoms with van der Waals surface area (Å²) in [7, 11) is -0.931. The molecule has 0 radical (unpaired) electrons. The average Bonchev–Trinajstić information content (AvgIpc) is 2.97. The van der Waals surface area contributed by atoms with Crippen LogP contribution in [0.3, 0.4) is 0 Å². The molecule has 19 heavy (non-hydrogen) atoms. The van der Waals surface area contributed by atoms with Crippen molar-refractivity contribution >= 4 is 30.4 Å². The van der Waals surface area contributed by atoms with Gasteiger partial charge in [0.1, 0.15) is 17.7 Å². The Morgan fingerprint density at radius 2 is 2.21 bits per heavy atom. The first-order chi connectivity index (χ1) is 9.19. The highest BCUT2D eigenvalue weighted by molar-refractivity contribution is 6.61. The van der Waals surface area contributed by atoms with Crippen LogP contribution in [0.2, 0.25) is 5.02 Å². The van der Waals surface area contributed by atoms with E-state index in [0.29, 0.717) is 34.2 Å². The van der Waals surface area contributed by atoms with E-state index in [1.807, 2.05) is 0 Å². The van der Waals surface area contributed by atoms with E-state index in [0.717, 1.165) is 5.56 Å². The Bertz CT molecular complexity index is 655. The lowest BCUT2D eigenvalue weighted by Crippen LogP contribution is -2.28. The van der Waals surface area contributed by atoms with Crippen LogP contribution in [0.1, 0.15) is 11.3 Å². The Morgan fingerprint density at radius 3 is 3.00 bits per heavy atom. The first kappa shape index (κ1) is 12.3. The number of rotatable bonds is 2. The van der Waals surface area contributed by atoms with Crippen LogP contribution in [0.5, 0.6) is 0 Å². The second-order valence-corrected chi connectivity index (χ2v) is 4.55. The summed E-state index contributed by atoms with van der Waals surface area (Å²) in [6, 6.07) is 6.87. The van der Waals surface area contributed by atoms with Gasteiger partial charge in [0.15, 0.2) is 0 Å². The van der Waals surface area contributed by atoms with Gasteiger partial charge < -0.3 is 19.3 Å². The Hall–Kier alpha value is -1.76. The Kier molecular flexibility index (Phi) is 3.06. The maximum absolute atomic E-state index is 9.68. The number of halogens is 1. The van der Waals surface area contributed by atoms with Crippen LogP contribution in [0.15, 0.2) is 33.8 Å².